The lowest BCUT2D eigenvalue weighted by molar-refractivity contribution is 0.0599. The fourth-order valence-electron chi connectivity index (χ4n) is 3.26. The van der Waals surface area contributed by atoms with E-state index in [1.54, 1.807) is 26.8 Å². The number of aryl methyl sites for hydroxylation is 1. The monoisotopic (exact) mass is 411 g/mol. The molecule has 3 aromatic rings. The molecule has 0 aliphatic rings. The molecule has 2 aromatic carbocycles. The number of Topliss-reactive ketones (excluding diaryl/α,β-unsaturated/α-hetero) is 1. The van der Waals surface area contributed by atoms with E-state index in [2.05, 4.69) is 4.98 Å². The molecule has 1 N–H and O–H groups in total. The molecule has 1 atom stereocenters. The van der Waals surface area contributed by atoms with Crippen molar-refractivity contribution in [2.75, 3.05) is 7.11 Å². The minimum atomic E-state index is -0.794. The van der Waals surface area contributed by atoms with Gasteiger partial charge in [0.05, 0.1) is 23.4 Å². The standard InChI is InChI=1S/C23H22ClNO4/c1-13-20(23(27)28-4)14(2)25-21(13)22(26)15(3)29-19-11-10-17(12-18(19)24)16-8-6-5-7-9-16/h5-12,15,25H,1-4H3/t15-/m1/s1. The lowest BCUT2D eigenvalue weighted by Crippen LogP contribution is -2.25. The van der Waals surface area contributed by atoms with E-state index in [1.165, 1.54) is 7.11 Å². The Morgan fingerprint density at radius 2 is 1.72 bits per heavy atom. The first-order chi connectivity index (χ1) is 13.8. The molecular formula is C23H22ClNO4. The summed E-state index contributed by atoms with van der Waals surface area (Å²) in [7, 11) is 1.31. The van der Waals surface area contributed by atoms with Crippen LogP contribution in [0.25, 0.3) is 11.1 Å². The van der Waals surface area contributed by atoms with Gasteiger partial charge in [-0.05, 0) is 49.6 Å². The van der Waals surface area contributed by atoms with Gasteiger partial charge in [0.1, 0.15) is 5.75 Å². The molecule has 150 valence electrons. The van der Waals surface area contributed by atoms with Crippen molar-refractivity contribution in [3.63, 3.8) is 0 Å². The Hall–Kier alpha value is -3.05. The SMILES string of the molecule is COC(=O)c1c(C)[nH]c(C(=O)[C@@H](C)Oc2ccc(-c3ccccc3)cc2Cl)c1C. The van der Waals surface area contributed by atoms with E-state index >= 15 is 0 Å². The summed E-state index contributed by atoms with van der Waals surface area (Å²) in [4.78, 5) is 27.8. The molecule has 6 heteroatoms. The molecule has 1 aromatic heterocycles. The van der Waals surface area contributed by atoms with Gasteiger partial charge >= 0.3 is 5.97 Å². The lowest BCUT2D eigenvalue weighted by atomic mass is 10.1. The van der Waals surface area contributed by atoms with E-state index in [1.807, 2.05) is 42.5 Å². The summed E-state index contributed by atoms with van der Waals surface area (Å²) < 4.78 is 10.6. The van der Waals surface area contributed by atoms with Crippen LogP contribution in [0.3, 0.4) is 0 Å². The Morgan fingerprint density at radius 1 is 1.03 bits per heavy atom. The van der Waals surface area contributed by atoms with Crippen LogP contribution < -0.4 is 4.74 Å². The first-order valence-electron chi connectivity index (χ1n) is 9.16. The number of esters is 1. The van der Waals surface area contributed by atoms with Crippen molar-refractivity contribution in [1.82, 2.24) is 4.98 Å². The van der Waals surface area contributed by atoms with Crippen LogP contribution in [0, 0.1) is 13.8 Å². The smallest absolute Gasteiger partial charge is 0.339 e. The normalized spacial score (nSPS) is 11.8. The zero-order valence-corrected chi connectivity index (χ0v) is 17.5. The third-order valence-corrected chi connectivity index (χ3v) is 5.08. The van der Waals surface area contributed by atoms with Crippen LogP contribution in [0.2, 0.25) is 5.02 Å². The van der Waals surface area contributed by atoms with E-state index in [-0.39, 0.29) is 5.78 Å². The van der Waals surface area contributed by atoms with Gasteiger partial charge in [-0.1, -0.05) is 48.0 Å². The van der Waals surface area contributed by atoms with Crippen LogP contribution in [0.5, 0.6) is 5.75 Å². The summed E-state index contributed by atoms with van der Waals surface area (Å²) in [6, 6.07) is 15.3. The van der Waals surface area contributed by atoms with Crippen LogP contribution in [0.4, 0.5) is 0 Å². The second-order valence-corrected chi connectivity index (χ2v) is 7.16. The van der Waals surface area contributed by atoms with Crippen LogP contribution in [-0.2, 0) is 4.74 Å². The number of aromatic nitrogens is 1. The third kappa shape index (κ3) is 4.20. The fourth-order valence-corrected chi connectivity index (χ4v) is 3.48. The first kappa shape index (κ1) is 20.7. The Morgan fingerprint density at radius 3 is 2.34 bits per heavy atom. The second-order valence-electron chi connectivity index (χ2n) is 6.75. The molecule has 1 heterocycles. The lowest BCUT2D eigenvalue weighted by Gasteiger charge is -2.15. The van der Waals surface area contributed by atoms with Gasteiger partial charge in [0.25, 0.3) is 0 Å². The summed E-state index contributed by atoms with van der Waals surface area (Å²) >= 11 is 6.39. The highest BCUT2D eigenvalue weighted by molar-refractivity contribution is 6.32. The fraction of sp³-hybridized carbons (Fsp3) is 0.217. The summed E-state index contributed by atoms with van der Waals surface area (Å²) in [6.45, 7) is 5.08. The predicted octanol–water partition coefficient (Wildman–Crippen LogP) is 5.39. The average Bonchev–Trinajstić information content (AvgIpc) is 3.02. The van der Waals surface area contributed by atoms with Gasteiger partial charge in [0.2, 0.25) is 5.78 Å². The summed E-state index contributed by atoms with van der Waals surface area (Å²) in [6.07, 6.45) is -0.794. The number of nitrogens with one attached hydrogen (secondary N) is 1. The Labute approximate surface area is 174 Å². The third-order valence-electron chi connectivity index (χ3n) is 4.79. The number of aromatic amines is 1. The van der Waals surface area contributed by atoms with E-state index in [0.29, 0.717) is 33.3 Å². The maximum absolute atomic E-state index is 12.9. The van der Waals surface area contributed by atoms with Crippen LogP contribution in [0.1, 0.15) is 39.0 Å². The molecule has 0 aliphatic heterocycles. The molecule has 0 unspecified atom stereocenters. The van der Waals surface area contributed by atoms with Crippen molar-refractivity contribution >= 4 is 23.4 Å². The molecule has 0 radical (unpaired) electrons. The quantitative estimate of drug-likeness (QED) is 0.436. The molecule has 0 fully saturated rings. The van der Waals surface area contributed by atoms with Crippen molar-refractivity contribution in [2.24, 2.45) is 0 Å². The predicted molar refractivity (Wildman–Crippen MR) is 113 cm³/mol. The number of methoxy groups -OCH3 is 1. The molecule has 29 heavy (non-hydrogen) atoms. The molecule has 5 nitrogen and oxygen atoms in total. The Balaban J connectivity index is 1.81. The number of carbonyl (C=O) groups is 2. The summed E-state index contributed by atoms with van der Waals surface area (Å²) in [5.41, 5.74) is 3.81. The molecule has 0 spiro atoms. The number of halogens is 1. The number of ether oxygens (including phenoxy) is 2. The number of ketones is 1. The number of benzene rings is 2. The van der Waals surface area contributed by atoms with E-state index in [9.17, 15) is 9.59 Å². The highest BCUT2D eigenvalue weighted by Crippen LogP contribution is 2.31. The number of hydrogen-bond donors (Lipinski definition) is 1. The molecule has 3 rings (SSSR count). The minimum Gasteiger partial charge on any atom is -0.481 e. The van der Waals surface area contributed by atoms with Gasteiger partial charge < -0.3 is 14.5 Å². The Kier molecular flexibility index (Phi) is 6.09. The number of carbonyl (C=O) groups excluding carboxylic acids is 2. The largest absolute Gasteiger partial charge is 0.481 e. The second kappa shape index (κ2) is 8.53. The molecule has 0 amide bonds. The highest BCUT2D eigenvalue weighted by atomic mass is 35.5. The van der Waals surface area contributed by atoms with Crippen LogP contribution in [0.15, 0.2) is 48.5 Å². The Bertz CT molecular complexity index is 1060. The van der Waals surface area contributed by atoms with E-state index < -0.39 is 12.1 Å². The van der Waals surface area contributed by atoms with Crippen molar-refractivity contribution in [2.45, 2.75) is 26.9 Å². The van der Waals surface area contributed by atoms with Gasteiger partial charge in [-0.2, -0.15) is 0 Å². The zero-order chi connectivity index (χ0) is 21.1. The van der Waals surface area contributed by atoms with Crippen LogP contribution in [-0.4, -0.2) is 30.0 Å². The average molecular weight is 412 g/mol. The summed E-state index contributed by atoms with van der Waals surface area (Å²) in [5, 5.41) is 0.417. The van der Waals surface area contributed by atoms with Gasteiger partial charge in [0.15, 0.2) is 6.10 Å². The van der Waals surface area contributed by atoms with Crippen molar-refractivity contribution < 1.29 is 19.1 Å². The van der Waals surface area contributed by atoms with Gasteiger partial charge in [-0.25, -0.2) is 4.79 Å². The number of hydrogen-bond acceptors (Lipinski definition) is 4. The van der Waals surface area contributed by atoms with Crippen molar-refractivity contribution in [3.05, 3.63) is 76.1 Å². The summed E-state index contributed by atoms with van der Waals surface area (Å²) in [5.74, 6) is -0.339. The van der Waals surface area contributed by atoms with Crippen LogP contribution >= 0.6 is 11.6 Å². The minimum absolute atomic E-state index is 0.274. The van der Waals surface area contributed by atoms with Gasteiger partial charge in [-0.3, -0.25) is 4.79 Å². The van der Waals surface area contributed by atoms with Gasteiger partial charge in [-0.15, -0.1) is 0 Å². The zero-order valence-electron chi connectivity index (χ0n) is 16.7. The highest BCUT2D eigenvalue weighted by Gasteiger charge is 2.26. The maximum atomic E-state index is 12.9. The van der Waals surface area contributed by atoms with Gasteiger partial charge in [0, 0.05) is 5.69 Å². The van der Waals surface area contributed by atoms with E-state index in [0.717, 1.165) is 11.1 Å². The van der Waals surface area contributed by atoms with Crippen molar-refractivity contribution in [1.29, 1.82) is 0 Å². The number of H-pyrrole nitrogens is 1. The van der Waals surface area contributed by atoms with E-state index in [4.69, 9.17) is 21.1 Å². The molecule has 0 bridgehead atoms. The molecule has 0 saturated heterocycles. The maximum Gasteiger partial charge on any atom is 0.339 e. The first-order valence-corrected chi connectivity index (χ1v) is 9.54. The molecule has 0 aliphatic carbocycles. The molecular weight excluding hydrogens is 390 g/mol. The molecule has 0 saturated carbocycles. The number of rotatable bonds is 6. The topological polar surface area (TPSA) is 68.4 Å². The van der Waals surface area contributed by atoms with Crippen molar-refractivity contribution in [3.8, 4) is 16.9 Å².